The molecule has 0 aliphatic carbocycles. The summed E-state index contributed by atoms with van der Waals surface area (Å²) in [7, 11) is 0. The SMILES string of the molecule is O=CC[C@H](NC(=O)OCc1ccccc1)C(=O)OCc1ccccc1. The van der Waals surface area contributed by atoms with E-state index in [-0.39, 0.29) is 19.6 Å². The molecule has 2 aromatic carbocycles. The van der Waals surface area contributed by atoms with E-state index in [2.05, 4.69) is 5.32 Å². The lowest BCUT2D eigenvalue weighted by atomic mass is 10.2. The smallest absolute Gasteiger partial charge is 0.408 e. The van der Waals surface area contributed by atoms with Gasteiger partial charge in [-0.1, -0.05) is 60.7 Å². The highest BCUT2D eigenvalue weighted by Crippen LogP contribution is 2.04. The van der Waals surface area contributed by atoms with Crippen molar-refractivity contribution in [3.63, 3.8) is 0 Å². The van der Waals surface area contributed by atoms with Gasteiger partial charge < -0.3 is 19.6 Å². The molecule has 0 aliphatic rings. The summed E-state index contributed by atoms with van der Waals surface area (Å²) in [5.41, 5.74) is 1.63. The van der Waals surface area contributed by atoms with Crippen molar-refractivity contribution >= 4 is 18.3 Å². The molecule has 0 saturated carbocycles. The second-order valence-corrected chi connectivity index (χ2v) is 5.25. The van der Waals surface area contributed by atoms with Crippen LogP contribution in [0.5, 0.6) is 0 Å². The Kier molecular flexibility index (Phi) is 7.18. The van der Waals surface area contributed by atoms with Crippen LogP contribution in [0.2, 0.25) is 0 Å². The molecule has 0 unspecified atom stereocenters. The van der Waals surface area contributed by atoms with Gasteiger partial charge in [0.05, 0.1) is 0 Å². The number of benzene rings is 2. The van der Waals surface area contributed by atoms with Crippen molar-refractivity contribution in [3.05, 3.63) is 71.8 Å². The summed E-state index contributed by atoms with van der Waals surface area (Å²) in [6, 6.07) is 17.2. The van der Waals surface area contributed by atoms with E-state index in [1.807, 2.05) is 60.7 Å². The molecule has 1 amide bonds. The zero-order chi connectivity index (χ0) is 17.9. The van der Waals surface area contributed by atoms with Gasteiger partial charge in [0, 0.05) is 6.42 Å². The number of aldehydes is 1. The van der Waals surface area contributed by atoms with Crippen LogP contribution >= 0.6 is 0 Å². The molecule has 0 bridgehead atoms. The molecule has 1 N–H and O–H groups in total. The lowest BCUT2D eigenvalue weighted by Gasteiger charge is -2.15. The Hall–Kier alpha value is -3.15. The van der Waals surface area contributed by atoms with Crippen LogP contribution in [0.1, 0.15) is 17.5 Å². The molecular formula is C19H19NO5. The number of carbonyl (C=O) groups excluding carboxylic acids is 3. The van der Waals surface area contributed by atoms with Gasteiger partial charge >= 0.3 is 12.1 Å². The van der Waals surface area contributed by atoms with Crippen molar-refractivity contribution in [1.82, 2.24) is 5.32 Å². The average Bonchev–Trinajstić information content (AvgIpc) is 2.66. The number of rotatable bonds is 8. The van der Waals surface area contributed by atoms with Crippen molar-refractivity contribution in [2.75, 3.05) is 0 Å². The van der Waals surface area contributed by atoms with Crippen molar-refractivity contribution in [3.8, 4) is 0 Å². The topological polar surface area (TPSA) is 81.7 Å². The molecule has 2 aromatic rings. The summed E-state index contributed by atoms with van der Waals surface area (Å²) >= 11 is 0. The molecule has 1 atom stereocenters. The van der Waals surface area contributed by atoms with Crippen LogP contribution in [0, 0.1) is 0 Å². The Morgan fingerprint density at radius 2 is 1.40 bits per heavy atom. The van der Waals surface area contributed by atoms with Crippen LogP contribution in [0.4, 0.5) is 4.79 Å². The first-order valence-electron chi connectivity index (χ1n) is 7.80. The predicted octanol–water partition coefficient (Wildman–Crippen LogP) is 2.61. The molecule has 6 heteroatoms. The summed E-state index contributed by atoms with van der Waals surface area (Å²) in [6.45, 7) is 0.134. The highest BCUT2D eigenvalue weighted by Gasteiger charge is 2.22. The summed E-state index contributed by atoms with van der Waals surface area (Å²) in [4.78, 5) is 34.6. The predicted molar refractivity (Wildman–Crippen MR) is 90.5 cm³/mol. The van der Waals surface area contributed by atoms with E-state index in [4.69, 9.17) is 9.47 Å². The van der Waals surface area contributed by atoms with Crippen molar-refractivity contribution < 1.29 is 23.9 Å². The van der Waals surface area contributed by atoms with Crippen LogP contribution < -0.4 is 5.32 Å². The molecule has 0 spiro atoms. The molecule has 0 fully saturated rings. The highest BCUT2D eigenvalue weighted by molar-refractivity contribution is 5.83. The monoisotopic (exact) mass is 341 g/mol. The number of alkyl carbamates (subject to hydrolysis) is 1. The largest absolute Gasteiger partial charge is 0.459 e. The minimum atomic E-state index is -1.08. The minimum Gasteiger partial charge on any atom is -0.459 e. The molecule has 6 nitrogen and oxygen atoms in total. The fourth-order valence-corrected chi connectivity index (χ4v) is 2.05. The van der Waals surface area contributed by atoms with Crippen molar-refractivity contribution in [2.45, 2.75) is 25.7 Å². The summed E-state index contributed by atoms with van der Waals surface area (Å²) in [5.74, 6) is -0.687. The third-order valence-electron chi connectivity index (χ3n) is 3.35. The molecule has 25 heavy (non-hydrogen) atoms. The minimum absolute atomic E-state index is 0.0653. The van der Waals surface area contributed by atoms with E-state index in [0.717, 1.165) is 11.1 Å². The van der Waals surface area contributed by atoms with Gasteiger partial charge in [0.1, 0.15) is 25.5 Å². The van der Waals surface area contributed by atoms with Crippen LogP contribution in [-0.2, 0) is 32.3 Å². The number of carbonyl (C=O) groups is 3. The van der Waals surface area contributed by atoms with Gasteiger partial charge in [-0.3, -0.25) is 0 Å². The van der Waals surface area contributed by atoms with Gasteiger partial charge in [-0.05, 0) is 11.1 Å². The molecule has 0 aromatic heterocycles. The van der Waals surface area contributed by atoms with Gasteiger partial charge in [0.15, 0.2) is 0 Å². The molecule has 0 aliphatic heterocycles. The molecule has 0 heterocycles. The van der Waals surface area contributed by atoms with E-state index < -0.39 is 18.1 Å². The third kappa shape index (κ3) is 6.47. The Balaban J connectivity index is 1.82. The first kappa shape index (κ1) is 18.2. The van der Waals surface area contributed by atoms with Gasteiger partial charge in [0.25, 0.3) is 0 Å². The normalized spacial score (nSPS) is 11.2. The fourth-order valence-electron chi connectivity index (χ4n) is 2.05. The second kappa shape index (κ2) is 9.87. The quantitative estimate of drug-likeness (QED) is 0.589. The van der Waals surface area contributed by atoms with E-state index in [0.29, 0.717) is 6.29 Å². The molecule has 130 valence electrons. The van der Waals surface area contributed by atoms with Crippen molar-refractivity contribution in [2.24, 2.45) is 0 Å². The van der Waals surface area contributed by atoms with Gasteiger partial charge in [-0.25, -0.2) is 9.59 Å². The molecule has 0 saturated heterocycles. The highest BCUT2D eigenvalue weighted by atomic mass is 16.6. The first-order valence-corrected chi connectivity index (χ1v) is 7.80. The van der Waals surface area contributed by atoms with E-state index >= 15 is 0 Å². The molecule has 0 radical (unpaired) electrons. The van der Waals surface area contributed by atoms with E-state index in [1.165, 1.54) is 0 Å². The Labute approximate surface area is 145 Å². The average molecular weight is 341 g/mol. The standard InChI is InChI=1S/C19H19NO5/c21-12-11-17(18(22)24-13-15-7-3-1-4-8-15)20-19(23)25-14-16-9-5-2-6-10-16/h1-10,12,17H,11,13-14H2,(H,20,23)/t17-/m0/s1. The number of ether oxygens (including phenoxy) is 2. The summed E-state index contributed by atoms with van der Waals surface area (Å²) < 4.78 is 10.2. The summed E-state index contributed by atoms with van der Waals surface area (Å²) in [5, 5.41) is 2.36. The lowest BCUT2D eigenvalue weighted by Crippen LogP contribution is -2.42. The van der Waals surface area contributed by atoms with Crippen LogP contribution in [0.25, 0.3) is 0 Å². The zero-order valence-corrected chi connectivity index (χ0v) is 13.6. The number of hydrogen-bond donors (Lipinski definition) is 1. The lowest BCUT2D eigenvalue weighted by molar-refractivity contribution is -0.148. The van der Waals surface area contributed by atoms with Gasteiger partial charge in [0.2, 0.25) is 0 Å². The summed E-state index contributed by atoms with van der Waals surface area (Å²) in [6.07, 6.45) is -0.424. The molecule has 2 rings (SSSR count). The van der Waals surface area contributed by atoms with Gasteiger partial charge in [-0.15, -0.1) is 0 Å². The maximum atomic E-state index is 12.1. The second-order valence-electron chi connectivity index (χ2n) is 5.25. The third-order valence-corrected chi connectivity index (χ3v) is 3.35. The number of hydrogen-bond acceptors (Lipinski definition) is 5. The van der Waals surface area contributed by atoms with Gasteiger partial charge in [-0.2, -0.15) is 0 Å². The Morgan fingerprint density at radius 1 is 0.880 bits per heavy atom. The van der Waals surface area contributed by atoms with Crippen LogP contribution in [0.3, 0.4) is 0 Å². The maximum Gasteiger partial charge on any atom is 0.408 e. The fraction of sp³-hybridized carbons (Fsp3) is 0.211. The zero-order valence-electron chi connectivity index (χ0n) is 13.6. The van der Waals surface area contributed by atoms with E-state index in [9.17, 15) is 14.4 Å². The Bertz CT molecular complexity index is 687. The van der Waals surface area contributed by atoms with Crippen molar-refractivity contribution in [1.29, 1.82) is 0 Å². The number of amides is 1. The number of esters is 1. The first-order chi connectivity index (χ1) is 12.2. The Morgan fingerprint density at radius 3 is 1.92 bits per heavy atom. The number of nitrogens with one attached hydrogen (secondary N) is 1. The van der Waals surface area contributed by atoms with Crippen LogP contribution in [-0.4, -0.2) is 24.4 Å². The van der Waals surface area contributed by atoms with E-state index in [1.54, 1.807) is 0 Å². The van der Waals surface area contributed by atoms with Crippen LogP contribution in [0.15, 0.2) is 60.7 Å². The maximum absolute atomic E-state index is 12.1. The molecular weight excluding hydrogens is 322 g/mol.